The van der Waals surface area contributed by atoms with Crippen molar-refractivity contribution >= 4 is 17.3 Å². The van der Waals surface area contributed by atoms with Gasteiger partial charge in [0, 0.05) is 44.6 Å². The summed E-state index contributed by atoms with van der Waals surface area (Å²) in [6, 6.07) is 8.89. The Balaban J connectivity index is 1.50. The molecule has 1 fully saturated rings. The lowest BCUT2D eigenvalue weighted by atomic mass is 10.1. The first-order valence-electron chi connectivity index (χ1n) is 11.0. The zero-order chi connectivity index (χ0) is 21.3. The number of likely N-dealkylation sites (N-methyl/N-ethyl adjacent to an activating group) is 1. The van der Waals surface area contributed by atoms with Gasteiger partial charge in [0.05, 0.1) is 18.8 Å². The molecule has 0 bridgehead atoms. The number of aromatic nitrogens is 1. The predicted octanol–water partition coefficient (Wildman–Crippen LogP) is 3.27. The molecule has 1 aromatic carbocycles. The summed E-state index contributed by atoms with van der Waals surface area (Å²) in [6.07, 6.45) is 0. The van der Waals surface area contributed by atoms with E-state index in [4.69, 9.17) is 4.99 Å². The van der Waals surface area contributed by atoms with Crippen molar-refractivity contribution in [3.8, 4) is 0 Å². The van der Waals surface area contributed by atoms with Crippen LogP contribution in [0.3, 0.4) is 0 Å². The quantitative estimate of drug-likeness (QED) is 0.499. The number of thiazole rings is 1. The molecule has 0 amide bonds. The van der Waals surface area contributed by atoms with Gasteiger partial charge in [-0.25, -0.2) is 9.98 Å². The van der Waals surface area contributed by atoms with E-state index in [1.165, 1.54) is 11.1 Å². The molecule has 3 rings (SSSR count). The van der Waals surface area contributed by atoms with Crippen LogP contribution in [-0.2, 0) is 19.6 Å². The Kier molecular flexibility index (Phi) is 8.66. The maximum atomic E-state index is 4.75. The van der Waals surface area contributed by atoms with Crippen LogP contribution in [0.4, 0.5) is 0 Å². The second-order valence-electron chi connectivity index (χ2n) is 8.27. The summed E-state index contributed by atoms with van der Waals surface area (Å²) in [7, 11) is 2.20. The van der Waals surface area contributed by atoms with Crippen LogP contribution in [0.5, 0.6) is 0 Å². The molecule has 0 radical (unpaired) electrons. The average molecular weight is 429 g/mol. The molecule has 0 atom stereocenters. The molecule has 2 heterocycles. The molecular weight excluding hydrogens is 392 g/mol. The molecule has 0 aliphatic carbocycles. The Labute approximate surface area is 185 Å². The minimum absolute atomic E-state index is 0.469. The van der Waals surface area contributed by atoms with E-state index in [0.717, 1.165) is 55.9 Å². The van der Waals surface area contributed by atoms with Crippen molar-refractivity contribution in [2.24, 2.45) is 4.99 Å². The van der Waals surface area contributed by atoms with Crippen LogP contribution in [0.1, 0.15) is 48.5 Å². The summed E-state index contributed by atoms with van der Waals surface area (Å²) in [5.41, 5.74) is 3.77. The van der Waals surface area contributed by atoms with Gasteiger partial charge in [-0.2, -0.15) is 0 Å². The number of rotatable bonds is 8. The summed E-state index contributed by atoms with van der Waals surface area (Å²) in [5, 5.41) is 9.97. The number of nitrogens with zero attached hydrogens (tertiary/aromatic N) is 4. The fraction of sp³-hybridized carbons (Fsp3) is 0.565. The predicted molar refractivity (Wildman–Crippen MR) is 127 cm³/mol. The number of guanidine groups is 1. The van der Waals surface area contributed by atoms with Crippen molar-refractivity contribution < 1.29 is 0 Å². The zero-order valence-corrected chi connectivity index (χ0v) is 19.6. The van der Waals surface area contributed by atoms with E-state index < -0.39 is 0 Å². The normalized spacial score (nSPS) is 16.2. The van der Waals surface area contributed by atoms with Crippen molar-refractivity contribution in [2.45, 2.75) is 46.3 Å². The van der Waals surface area contributed by atoms with Crippen LogP contribution in [-0.4, -0.2) is 60.5 Å². The molecule has 30 heavy (non-hydrogen) atoms. The molecule has 1 aliphatic rings. The van der Waals surface area contributed by atoms with Crippen LogP contribution >= 0.6 is 11.3 Å². The van der Waals surface area contributed by atoms with E-state index in [2.05, 4.69) is 82.9 Å². The molecule has 7 heteroatoms. The van der Waals surface area contributed by atoms with Gasteiger partial charge in [-0.05, 0) is 31.0 Å². The first kappa shape index (κ1) is 22.7. The molecule has 164 valence electrons. The number of piperazine rings is 1. The molecule has 0 saturated carbocycles. The fourth-order valence-electron chi connectivity index (χ4n) is 3.36. The molecule has 1 aliphatic heterocycles. The van der Waals surface area contributed by atoms with Crippen molar-refractivity contribution in [2.75, 3.05) is 39.8 Å². The second-order valence-corrected chi connectivity index (χ2v) is 9.21. The number of aliphatic imine (C=N–C) groups is 1. The van der Waals surface area contributed by atoms with Gasteiger partial charge in [0.1, 0.15) is 5.01 Å². The Morgan fingerprint density at radius 1 is 1.10 bits per heavy atom. The van der Waals surface area contributed by atoms with Crippen molar-refractivity contribution in [3.63, 3.8) is 0 Å². The maximum absolute atomic E-state index is 4.75. The Morgan fingerprint density at radius 3 is 2.43 bits per heavy atom. The minimum atomic E-state index is 0.469. The number of benzene rings is 1. The first-order valence-corrected chi connectivity index (χ1v) is 11.9. The fourth-order valence-corrected chi connectivity index (χ4v) is 4.25. The van der Waals surface area contributed by atoms with Gasteiger partial charge in [0.25, 0.3) is 0 Å². The first-order chi connectivity index (χ1) is 14.5. The number of hydrogen-bond donors (Lipinski definition) is 2. The van der Waals surface area contributed by atoms with E-state index >= 15 is 0 Å². The van der Waals surface area contributed by atoms with Crippen LogP contribution in [0.15, 0.2) is 34.6 Å². The van der Waals surface area contributed by atoms with Gasteiger partial charge in [-0.15, -0.1) is 11.3 Å². The van der Waals surface area contributed by atoms with E-state index in [1.54, 1.807) is 11.3 Å². The Bertz CT molecular complexity index is 790. The average Bonchev–Trinajstić information content (AvgIpc) is 3.22. The highest BCUT2D eigenvalue weighted by Crippen LogP contribution is 2.17. The lowest BCUT2D eigenvalue weighted by molar-refractivity contribution is 0.148. The summed E-state index contributed by atoms with van der Waals surface area (Å²) in [4.78, 5) is 14.4. The minimum Gasteiger partial charge on any atom is -0.357 e. The van der Waals surface area contributed by atoms with Gasteiger partial charge < -0.3 is 15.5 Å². The Morgan fingerprint density at radius 2 is 1.80 bits per heavy atom. The number of hydrogen-bond acceptors (Lipinski definition) is 5. The summed E-state index contributed by atoms with van der Waals surface area (Å²) in [5.74, 6) is 1.30. The van der Waals surface area contributed by atoms with E-state index in [-0.39, 0.29) is 0 Å². The van der Waals surface area contributed by atoms with Gasteiger partial charge in [0.2, 0.25) is 0 Å². The lowest BCUT2D eigenvalue weighted by Gasteiger charge is -2.32. The van der Waals surface area contributed by atoms with E-state index in [0.29, 0.717) is 19.0 Å². The standard InChI is InChI=1S/C23H36N6S/c1-5-24-23(26-15-22-27-21(17-30-22)18(2)3)25-14-19-6-8-20(9-7-19)16-29-12-10-28(4)11-13-29/h6-9,17-18H,5,10-16H2,1-4H3,(H2,24,25,26). The third-order valence-electron chi connectivity index (χ3n) is 5.36. The summed E-state index contributed by atoms with van der Waals surface area (Å²) in [6.45, 7) is 14.3. The topological polar surface area (TPSA) is 55.8 Å². The van der Waals surface area contributed by atoms with Gasteiger partial charge in [-0.3, -0.25) is 4.90 Å². The SMILES string of the molecule is CCNC(=NCc1ccc(CN2CCN(C)CC2)cc1)NCc1nc(C(C)C)cs1. The van der Waals surface area contributed by atoms with Crippen LogP contribution in [0.2, 0.25) is 0 Å². The van der Waals surface area contributed by atoms with Crippen LogP contribution in [0.25, 0.3) is 0 Å². The summed E-state index contributed by atoms with van der Waals surface area (Å²) >= 11 is 1.71. The maximum Gasteiger partial charge on any atom is 0.191 e. The monoisotopic (exact) mass is 428 g/mol. The van der Waals surface area contributed by atoms with Gasteiger partial charge in [-0.1, -0.05) is 38.1 Å². The molecule has 0 unspecified atom stereocenters. The molecule has 2 N–H and O–H groups in total. The third kappa shape index (κ3) is 7.07. The van der Waals surface area contributed by atoms with E-state index in [9.17, 15) is 0 Å². The van der Waals surface area contributed by atoms with Crippen LogP contribution in [0, 0.1) is 0 Å². The highest BCUT2D eigenvalue weighted by atomic mass is 32.1. The highest BCUT2D eigenvalue weighted by Gasteiger charge is 2.13. The molecular formula is C23H36N6S. The smallest absolute Gasteiger partial charge is 0.191 e. The van der Waals surface area contributed by atoms with E-state index in [1.807, 2.05) is 0 Å². The van der Waals surface area contributed by atoms with Crippen LogP contribution < -0.4 is 10.6 Å². The van der Waals surface area contributed by atoms with Crippen molar-refractivity contribution in [1.82, 2.24) is 25.4 Å². The third-order valence-corrected chi connectivity index (χ3v) is 6.22. The molecule has 1 aromatic heterocycles. The molecule has 2 aromatic rings. The Hall–Kier alpha value is -1.96. The second kappa shape index (κ2) is 11.4. The highest BCUT2D eigenvalue weighted by molar-refractivity contribution is 7.09. The van der Waals surface area contributed by atoms with Crippen molar-refractivity contribution in [3.05, 3.63) is 51.5 Å². The zero-order valence-electron chi connectivity index (χ0n) is 18.8. The summed E-state index contributed by atoms with van der Waals surface area (Å²) < 4.78 is 0. The number of nitrogens with one attached hydrogen (secondary N) is 2. The largest absolute Gasteiger partial charge is 0.357 e. The molecule has 1 saturated heterocycles. The lowest BCUT2D eigenvalue weighted by Crippen LogP contribution is -2.43. The molecule has 0 spiro atoms. The van der Waals surface area contributed by atoms with Gasteiger partial charge in [0.15, 0.2) is 5.96 Å². The van der Waals surface area contributed by atoms with Crippen molar-refractivity contribution in [1.29, 1.82) is 0 Å². The van der Waals surface area contributed by atoms with Gasteiger partial charge >= 0.3 is 0 Å². The molecule has 6 nitrogen and oxygen atoms in total.